The first-order valence-electron chi connectivity index (χ1n) is 12.7. The number of carbonyl (C=O) groups is 3. The van der Waals surface area contributed by atoms with Crippen LogP contribution >= 0.6 is 22.9 Å². The summed E-state index contributed by atoms with van der Waals surface area (Å²) < 4.78 is 1.06. The van der Waals surface area contributed by atoms with E-state index in [4.69, 9.17) is 21.5 Å². The number of carbonyl (C=O) groups excluding carboxylic acids is 2. The number of thiophene rings is 1. The Labute approximate surface area is 230 Å². The van der Waals surface area contributed by atoms with E-state index in [0.29, 0.717) is 19.0 Å². The number of anilines is 1. The van der Waals surface area contributed by atoms with Crippen molar-refractivity contribution in [3.05, 3.63) is 45.9 Å². The third kappa shape index (κ3) is 5.08. The van der Waals surface area contributed by atoms with Crippen LogP contribution < -0.4 is 10.2 Å². The molecule has 5 heterocycles. The van der Waals surface area contributed by atoms with Gasteiger partial charge in [0.2, 0.25) is 5.91 Å². The van der Waals surface area contributed by atoms with Gasteiger partial charge in [0.25, 0.3) is 6.47 Å². The molecule has 3 aromatic rings. The molecule has 2 N–H and O–H groups in total. The number of fused-ring (bicyclic) bond motifs is 2. The highest BCUT2D eigenvalue weighted by Gasteiger charge is 2.32. The van der Waals surface area contributed by atoms with Gasteiger partial charge in [0.15, 0.2) is 0 Å². The minimum absolute atomic E-state index is 0.122. The van der Waals surface area contributed by atoms with Gasteiger partial charge in [0.1, 0.15) is 0 Å². The maximum absolute atomic E-state index is 12.6. The number of hydrogen-bond acceptors (Lipinski definition) is 7. The van der Waals surface area contributed by atoms with Crippen LogP contribution in [-0.4, -0.2) is 77.6 Å². The van der Waals surface area contributed by atoms with Gasteiger partial charge in [0.05, 0.1) is 16.8 Å². The van der Waals surface area contributed by atoms with Crippen LogP contribution in [0.2, 0.25) is 5.02 Å². The summed E-state index contributed by atoms with van der Waals surface area (Å²) >= 11 is 8.25. The topological polar surface area (TPSA) is 106 Å². The van der Waals surface area contributed by atoms with Crippen LogP contribution in [0, 0.1) is 0 Å². The van der Waals surface area contributed by atoms with Crippen LogP contribution in [-0.2, 0) is 22.6 Å². The van der Waals surface area contributed by atoms with Crippen LogP contribution in [0.3, 0.4) is 0 Å². The Bertz CT molecular complexity index is 1370. The molecule has 3 aliphatic heterocycles. The van der Waals surface area contributed by atoms with Gasteiger partial charge in [-0.2, -0.15) is 0 Å². The van der Waals surface area contributed by atoms with Crippen molar-refractivity contribution in [1.82, 2.24) is 20.1 Å². The first-order chi connectivity index (χ1) is 18.4. The average Bonchev–Trinajstić information content (AvgIpc) is 3.58. The van der Waals surface area contributed by atoms with Gasteiger partial charge in [-0.05, 0) is 55.6 Å². The Morgan fingerprint density at radius 2 is 2.03 bits per heavy atom. The van der Waals surface area contributed by atoms with Gasteiger partial charge in [-0.3, -0.25) is 19.5 Å². The number of imide groups is 1. The molecule has 9 nitrogen and oxygen atoms in total. The zero-order valence-corrected chi connectivity index (χ0v) is 22.7. The highest BCUT2D eigenvalue weighted by Crippen LogP contribution is 2.44. The van der Waals surface area contributed by atoms with Crippen molar-refractivity contribution < 1.29 is 19.5 Å². The van der Waals surface area contributed by atoms with Crippen LogP contribution in [0.25, 0.3) is 21.3 Å². The van der Waals surface area contributed by atoms with Gasteiger partial charge in [-0.25, -0.2) is 4.79 Å². The molecule has 1 atom stereocenters. The van der Waals surface area contributed by atoms with Crippen molar-refractivity contribution in [2.45, 2.75) is 38.3 Å². The Morgan fingerprint density at radius 1 is 1.21 bits per heavy atom. The van der Waals surface area contributed by atoms with Crippen molar-refractivity contribution in [2.24, 2.45) is 0 Å². The van der Waals surface area contributed by atoms with E-state index in [2.05, 4.69) is 33.4 Å². The maximum atomic E-state index is 12.6. The molecule has 3 aliphatic rings. The number of carboxylic acid groups (broad SMARTS) is 1. The Balaban J connectivity index is 0.000000937. The lowest BCUT2D eigenvalue weighted by Gasteiger charge is -2.38. The molecule has 2 aromatic heterocycles. The number of benzene rings is 1. The van der Waals surface area contributed by atoms with Gasteiger partial charge >= 0.3 is 6.03 Å². The van der Waals surface area contributed by atoms with E-state index in [1.807, 2.05) is 12.3 Å². The zero-order chi connectivity index (χ0) is 26.8. The number of nitrogens with one attached hydrogen (secondary N) is 1. The Hall–Kier alpha value is -3.21. The highest BCUT2D eigenvalue weighted by molar-refractivity contribution is 7.19. The summed E-state index contributed by atoms with van der Waals surface area (Å²) in [5.74, 6) is -0.122. The van der Waals surface area contributed by atoms with E-state index in [0.717, 1.165) is 70.1 Å². The molecule has 1 aromatic carbocycles. The number of hydrogen-bond donors (Lipinski definition) is 2. The summed E-state index contributed by atoms with van der Waals surface area (Å²) in [6.45, 7) is 3.60. The summed E-state index contributed by atoms with van der Waals surface area (Å²) in [6.07, 6.45) is 5.50. The molecule has 6 rings (SSSR count). The number of nitrogens with zero attached hydrogens (tertiary/aromatic N) is 4. The van der Waals surface area contributed by atoms with E-state index in [1.165, 1.54) is 16.2 Å². The molecule has 0 aliphatic carbocycles. The first-order valence-corrected chi connectivity index (χ1v) is 13.9. The fraction of sp³-hybridized carbons (Fsp3) is 0.407. The summed E-state index contributed by atoms with van der Waals surface area (Å²) in [6, 6.07) is 8.53. The molecule has 200 valence electrons. The number of amides is 3. The molecular formula is C27H30ClN5O4S. The van der Waals surface area contributed by atoms with Crippen LogP contribution in [0.5, 0.6) is 0 Å². The van der Waals surface area contributed by atoms with E-state index < -0.39 is 0 Å². The fourth-order valence-corrected chi connectivity index (χ4v) is 6.98. The fourth-order valence-electron chi connectivity index (χ4n) is 5.61. The lowest BCUT2D eigenvalue weighted by Crippen LogP contribution is -2.49. The third-order valence-corrected chi connectivity index (χ3v) is 8.71. The van der Waals surface area contributed by atoms with Gasteiger partial charge in [-0.1, -0.05) is 11.6 Å². The van der Waals surface area contributed by atoms with E-state index >= 15 is 0 Å². The Morgan fingerprint density at radius 3 is 2.79 bits per heavy atom. The highest BCUT2D eigenvalue weighted by atomic mass is 35.5. The SMILES string of the molecule is CN1CCC(=O)N(Cc2cc3nccc(-c4cc(Cl)cc5c4N([C@H]4CCNC4)CCC5)c3s2)C1=O.O=CO. The summed E-state index contributed by atoms with van der Waals surface area (Å²) in [5.41, 5.74) is 5.73. The molecule has 0 unspecified atom stereocenters. The van der Waals surface area contributed by atoms with Crippen molar-refractivity contribution in [3.8, 4) is 11.1 Å². The largest absolute Gasteiger partial charge is 0.483 e. The van der Waals surface area contributed by atoms with Crippen molar-refractivity contribution in [1.29, 1.82) is 0 Å². The maximum Gasteiger partial charge on any atom is 0.326 e. The van der Waals surface area contributed by atoms with Crippen molar-refractivity contribution >= 4 is 57.3 Å². The quantitative estimate of drug-likeness (QED) is 0.464. The molecule has 2 fully saturated rings. The van der Waals surface area contributed by atoms with Gasteiger partial charge in [0, 0.05) is 72.1 Å². The molecule has 0 radical (unpaired) electrons. The summed E-state index contributed by atoms with van der Waals surface area (Å²) in [4.78, 5) is 44.5. The molecule has 11 heteroatoms. The third-order valence-electron chi connectivity index (χ3n) is 7.35. The number of pyridine rings is 1. The van der Waals surface area contributed by atoms with Gasteiger partial charge in [-0.15, -0.1) is 11.3 Å². The number of urea groups is 1. The second kappa shape index (κ2) is 11.3. The van der Waals surface area contributed by atoms with Gasteiger partial charge < -0.3 is 20.2 Å². The zero-order valence-electron chi connectivity index (χ0n) is 21.2. The second-order valence-electron chi connectivity index (χ2n) is 9.73. The number of rotatable bonds is 4. The normalized spacial score (nSPS) is 19.4. The lowest BCUT2D eigenvalue weighted by atomic mass is 9.92. The standard InChI is InChI=1S/C26H28ClN5O2S.CH2O2/c1-30-10-6-23(33)32(26(30)34)15-19-13-22-25(35-19)20(5-8-29-22)21-12-17(27)11-16-3-2-9-31(24(16)21)18-4-7-28-14-18;2-1-3/h5,8,11-13,18,28H,2-4,6-7,9-10,14-15H2,1H3;1H,(H,2,3)/t18-;/m0./s1. The van der Waals surface area contributed by atoms with Crippen molar-refractivity contribution in [2.75, 3.05) is 38.1 Å². The first kappa shape index (κ1) is 26.4. The van der Waals surface area contributed by atoms with E-state index in [9.17, 15) is 9.59 Å². The van der Waals surface area contributed by atoms with E-state index in [-0.39, 0.29) is 25.0 Å². The summed E-state index contributed by atoms with van der Waals surface area (Å²) in [5, 5.41) is 11.2. The smallest absolute Gasteiger partial charge is 0.326 e. The molecule has 38 heavy (non-hydrogen) atoms. The molecule has 3 amide bonds. The minimum atomic E-state index is -0.250. The molecule has 0 spiro atoms. The lowest BCUT2D eigenvalue weighted by molar-refractivity contribution is -0.131. The van der Waals surface area contributed by atoms with Crippen molar-refractivity contribution in [3.63, 3.8) is 0 Å². The van der Waals surface area contributed by atoms with Crippen LogP contribution in [0.4, 0.5) is 10.5 Å². The monoisotopic (exact) mass is 555 g/mol. The Kier molecular flexibility index (Phi) is 7.83. The molecule has 0 bridgehead atoms. The summed E-state index contributed by atoms with van der Waals surface area (Å²) in [7, 11) is 1.74. The number of aryl methyl sites for hydroxylation is 1. The molecule has 0 saturated carbocycles. The van der Waals surface area contributed by atoms with E-state index in [1.54, 1.807) is 23.3 Å². The predicted molar refractivity (Wildman–Crippen MR) is 149 cm³/mol. The second-order valence-corrected chi connectivity index (χ2v) is 11.3. The predicted octanol–water partition coefficient (Wildman–Crippen LogP) is 4.22. The van der Waals surface area contributed by atoms with Crippen LogP contribution in [0.1, 0.15) is 29.7 Å². The van der Waals surface area contributed by atoms with Crippen LogP contribution in [0.15, 0.2) is 30.5 Å². The molecular weight excluding hydrogens is 526 g/mol. The minimum Gasteiger partial charge on any atom is -0.483 e. The number of aromatic nitrogens is 1. The molecule has 2 saturated heterocycles. The average molecular weight is 556 g/mol. The number of halogens is 1.